The highest BCUT2D eigenvalue weighted by Gasteiger charge is 2.61. The van der Waals surface area contributed by atoms with Crippen LogP contribution in [0.5, 0.6) is 0 Å². The van der Waals surface area contributed by atoms with E-state index in [9.17, 15) is 14.4 Å². The Hall–Kier alpha value is -2.57. The van der Waals surface area contributed by atoms with Crippen molar-refractivity contribution in [3.8, 4) is 0 Å². The lowest BCUT2D eigenvalue weighted by molar-refractivity contribution is -0.143. The van der Waals surface area contributed by atoms with Crippen LogP contribution in [0.3, 0.4) is 0 Å². The first kappa shape index (κ1) is 18.8. The summed E-state index contributed by atoms with van der Waals surface area (Å²) in [6.45, 7) is 0.805. The van der Waals surface area contributed by atoms with Crippen LogP contribution in [0, 0.1) is 5.41 Å². The van der Waals surface area contributed by atoms with Gasteiger partial charge in [0.2, 0.25) is 11.8 Å². The zero-order valence-corrected chi connectivity index (χ0v) is 16.5. The molecule has 3 atom stereocenters. The molecule has 0 saturated carbocycles. The summed E-state index contributed by atoms with van der Waals surface area (Å²) in [7, 11) is 3.57. The topological polar surface area (TPSA) is 70.2 Å². The van der Waals surface area contributed by atoms with E-state index in [1.807, 2.05) is 35.2 Å². The van der Waals surface area contributed by atoms with Crippen LogP contribution in [-0.2, 0) is 20.7 Å². The lowest BCUT2D eigenvalue weighted by atomic mass is 9.69. The number of cyclic esters (lactones) is 1. The van der Waals surface area contributed by atoms with E-state index in [1.54, 1.807) is 19.0 Å². The van der Waals surface area contributed by atoms with E-state index in [0.717, 1.165) is 18.4 Å². The predicted octanol–water partition coefficient (Wildman–Crippen LogP) is 1.52. The SMILES string of the molecule is CN(C)C(=O)[C@]1(Cc2ccccc2)C[C@@H]2CC[C@H]1N2C(=O)CN1CCOC1=O. The highest BCUT2D eigenvalue weighted by atomic mass is 16.6. The van der Waals surface area contributed by atoms with Gasteiger partial charge < -0.3 is 14.5 Å². The lowest BCUT2D eigenvalue weighted by Crippen LogP contribution is -2.52. The molecule has 0 N–H and O–H groups in total. The molecule has 0 spiro atoms. The van der Waals surface area contributed by atoms with Crippen LogP contribution in [0.1, 0.15) is 24.8 Å². The summed E-state index contributed by atoms with van der Waals surface area (Å²) >= 11 is 0. The van der Waals surface area contributed by atoms with E-state index < -0.39 is 11.5 Å². The van der Waals surface area contributed by atoms with Gasteiger partial charge in [0.25, 0.3) is 0 Å². The third-order valence-corrected chi connectivity index (χ3v) is 6.39. The van der Waals surface area contributed by atoms with Crippen LogP contribution in [0.4, 0.5) is 4.79 Å². The molecule has 7 heteroatoms. The molecular weight excluding hydrogens is 358 g/mol. The van der Waals surface area contributed by atoms with Gasteiger partial charge in [0, 0.05) is 26.2 Å². The van der Waals surface area contributed by atoms with Gasteiger partial charge in [0.15, 0.2) is 0 Å². The molecule has 0 unspecified atom stereocenters. The van der Waals surface area contributed by atoms with Crippen molar-refractivity contribution in [2.24, 2.45) is 5.41 Å². The van der Waals surface area contributed by atoms with Gasteiger partial charge in [-0.2, -0.15) is 0 Å². The normalized spacial score (nSPS) is 28.6. The minimum Gasteiger partial charge on any atom is -0.448 e. The zero-order valence-electron chi connectivity index (χ0n) is 16.5. The average molecular weight is 385 g/mol. The molecule has 1 aromatic carbocycles. The second kappa shape index (κ2) is 7.11. The number of hydrogen-bond donors (Lipinski definition) is 0. The molecule has 3 heterocycles. The minimum absolute atomic E-state index is 0.0312. The van der Waals surface area contributed by atoms with Gasteiger partial charge in [-0.05, 0) is 31.2 Å². The summed E-state index contributed by atoms with van der Waals surface area (Å²) in [6, 6.07) is 9.96. The quantitative estimate of drug-likeness (QED) is 0.771. The molecule has 3 aliphatic rings. The summed E-state index contributed by atoms with van der Waals surface area (Å²) in [5.74, 6) is 0.00905. The fourth-order valence-electron chi connectivity index (χ4n) is 5.27. The number of carbonyl (C=O) groups excluding carboxylic acids is 3. The molecular formula is C21H27N3O4. The number of rotatable bonds is 5. The van der Waals surface area contributed by atoms with E-state index >= 15 is 0 Å². The molecule has 28 heavy (non-hydrogen) atoms. The molecule has 3 aliphatic heterocycles. The van der Waals surface area contributed by atoms with Gasteiger partial charge in [0.05, 0.1) is 12.0 Å². The van der Waals surface area contributed by atoms with Gasteiger partial charge in [-0.15, -0.1) is 0 Å². The summed E-state index contributed by atoms with van der Waals surface area (Å²) in [4.78, 5) is 43.2. The number of amides is 3. The Labute approximate surface area is 165 Å². The molecule has 7 nitrogen and oxygen atoms in total. The largest absolute Gasteiger partial charge is 0.448 e. The smallest absolute Gasteiger partial charge is 0.410 e. The van der Waals surface area contributed by atoms with Gasteiger partial charge in [-0.1, -0.05) is 30.3 Å². The van der Waals surface area contributed by atoms with Crippen molar-refractivity contribution in [1.29, 1.82) is 0 Å². The third kappa shape index (κ3) is 3.02. The number of benzene rings is 1. The second-order valence-corrected chi connectivity index (χ2v) is 8.31. The van der Waals surface area contributed by atoms with Gasteiger partial charge >= 0.3 is 6.09 Å². The molecule has 3 amide bonds. The van der Waals surface area contributed by atoms with Gasteiger partial charge in [0.1, 0.15) is 13.2 Å². The van der Waals surface area contributed by atoms with Crippen LogP contribution >= 0.6 is 0 Å². The van der Waals surface area contributed by atoms with Crippen LogP contribution in [0.2, 0.25) is 0 Å². The van der Waals surface area contributed by atoms with E-state index in [4.69, 9.17) is 4.74 Å². The highest BCUT2D eigenvalue weighted by molar-refractivity contribution is 5.88. The van der Waals surface area contributed by atoms with Gasteiger partial charge in [-0.3, -0.25) is 14.5 Å². The highest BCUT2D eigenvalue weighted by Crippen LogP contribution is 2.52. The zero-order chi connectivity index (χ0) is 19.9. The molecule has 0 aromatic heterocycles. The fourth-order valence-corrected chi connectivity index (χ4v) is 5.27. The first-order valence-electron chi connectivity index (χ1n) is 9.91. The molecule has 3 fully saturated rings. The monoisotopic (exact) mass is 385 g/mol. The van der Waals surface area contributed by atoms with Crippen molar-refractivity contribution in [2.45, 2.75) is 37.8 Å². The molecule has 2 bridgehead atoms. The second-order valence-electron chi connectivity index (χ2n) is 8.31. The van der Waals surface area contributed by atoms with Crippen LogP contribution in [-0.4, -0.2) is 78.5 Å². The molecule has 3 saturated heterocycles. The number of hydrogen-bond acceptors (Lipinski definition) is 4. The van der Waals surface area contributed by atoms with Crippen molar-refractivity contribution in [2.75, 3.05) is 33.8 Å². The van der Waals surface area contributed by atoms with Gasteiger partial charge in [-0.25, -0.2) is 4.79 Å². The Kier molecular flexibility index (Phi) is 4.77. The van der Waals surface area contributed by atoms with E-state index in [1.165, 1.54) is 4.90 Å². The number of carbonyl (C=O) groups is 3. The molecule has 4 rings (SSSR count). The maximum atomic E-state index is 13.3. The maximum Gasteiger partial charge on any atom is 0.410 e. The first-order valence-corrected chi connectivity index (χ1v) is 9.91. The summed E-state index contributed by atoms with van der Waals surface area (Å²) in [6.07, 6.45) is 2.62. The van der Waals surface area contributed by atoms with E-state index in [2.05, 4.69) is 0 Å². The third-order valence-electron chi connectivity index (χ3n) is 6.39. The summed E-state index contributed by atoms with van der Waals surface area (Å²) in [5, 5.41) is 0. The minimum atomic E-state index is -0.602. The average Bonchev–Trinajstić information content (AvgIpc) is 3.36. The lowest BCUT2D eigenvalue weighted by Gasteiger charge is -2.38. The van der Waals surface area contributed by atoms with Crippen molar-refractivity contribution < 1.29 is 19.1 Å². The van der Waals surface area contributed by atoms with Crippen LogP contribution < -0.4 is 0 Å². The Balaban J connectivity index is 1.60. The fraction of sp³-hybridized carbons (Fsp3) is 0.571. The van der Waals surface area contributed by atoms with Crippen LogP contribution in [0.15, 0.2) is 30.3 Å². The van der Waals surface area contributed by atoms with Crippen molar-refractivity contribution in [1.82, 2.24) is 14.7 Å². The maximum absolute atomic E-state index is 13.3. The summed E-state index contributed by atoms with van der Waals surface area (Å²) < 4.78 is 4.94. The summed E-state index contributed by atoms with van der Waals surface area (Å²) in [5.41, 5.74) is 0.510. The molecule has 0 aliphatic carbocycles. The predicted molar refractivity (Wildman–Crippen MR) is 102 cm³/mol. The van der Waals surface area contributed by atoms with E-state index in [-0.39, 0.29) is 30.4 Å². The first-order chi connectivity index (χ1) is 13.4. The Morgan fingerprint density at radius 2 is 1.96 bits per heavy atom. The standard InChI is InChI=1S/C21H27N3O4/c1-22(2)19(26)21(12-15-6-4-3-5-7-15)13-16-8-9-17(21)24(16)18(25)14-23-10-11-28-20(23)27/h3-7,16-17H,8-14H2,1-2H3/t16-,17+,21+/m0/s1. The van der Waals surface area contributed by atoms with Crippen molar-refractivity contribution >= 4 is 17.9 Å². The van der Waals surface area contributed by atoms with Crippen molar-refractivity contribution in [3.63, 3.8) is 0 Å². The van der Waals surface area contributed by atoms with E-state index in [0.29, 0.717) is 26.0 Å². The Morgan fingerprint density at radius 3 is 2.61 bits per heavy atom. The number of fused-ring (bicyclic) bond motifs is 2. The Morgan fingerprint density at radius 1 is 1.21 bits per heavy atom. The molecule has 0 radical (unpaired) electrons. The van der Waals surface area contributed by atoms with Crippen LogP contribution in [0.25, 0.3) is 0 Å². The van der Waals surface area contributed by atoms with Crippen molar-refractivity contribution in [3.05, 3.63) is 35.9 Å². The number of ether oxygens (including phenoxy) is 1. The molecule has 150 valence electrons. The molecule has 1 aromatic rings. The number of nitrogens with zero attached hydrogens (tertiary/aromatic N) is 3. The Bertz CT molecular complexity index is 781.